The summed E-state index contributed by atoms with van der Waals surface area (Å²) in [5, 5.41) is 0. The summed E-state index contributed by atoms with van der Waals surface area (Å²) in [5.41, 5.74) is 0. The first-order valence-corrected chi connectivity index (χ1v) is 10.5. The molecule has 3 aliphatic rings. The fourth-order valence-electron chi connectivity index (χ4n) is 4.79. The minimum Gasteiger partial charge on any atom is -0.342 e. The number of piperazine rings is 1. The highest BCUT2D eigenvalue weighted by molar-refractivity contribution is 5.82. The van der Waals surface area contributed by atoms with Crippen LogP contribution in [0.25, 0.3) is 0 Å². The molecule has 2 aliphatic carbocycles. The molecule has 0 spiro atoms. The zero-order chi connectivity index (χ0) is 17.8. The molecule has 142 valence electrons. The van der Waals surface area contributed by atoms with Gasteiger partial charge < -0.3 is 9.80 Å². The number of carbonyl (C=O) groups excluding carboxylic acids is 2. The van der Waals surface area contributed by atoms with Gasteiger partial charge in [0.05, 0.1) is 6.04 Å². The van der Waals surface area contributed by atoms with Gasteiger partial charge in [0, 0.05) is 45.2 Å². The molecule has 3 fully saturated rings. The normalized spacial score (nSPS) is 24.2. The van der Waals surface area contributed by atoms with Gasteiger partial charge in [0.25, 0.3) is 0 Å². The van der Waals surface area contributed by atoms with E-state index < -0.39 is 0 Å². The van der Waals surface area contributed by atoms with Crippen molar-refractivity contribution in [2.45, 2.75) is 64.8 Å². The van der Waals surface area contributed by atoms with Crippen LogP contribution in [0.15, 0.2) is 0 Å². The van der Waals surface area contributed by atoms with Crippen molar-refractivity contribution in [3.05, 3.63) is 0 Å². The highest BCUT2D eigenvalue weighted by Gasteiger charge is 2.39. The Hall–Kier alpha value is -1.10. The second-order valence-corrected chi connectivity index (χ2v) is 7.99. The van der Waals surface area contributed by atoms with Crippen molar-refractivity contribution < 1.29 is 9.59 Å². The van der Waals surface area contributed by atoms with E-state index in [2.05, 4.69) is 18.7 Å². The van der Waals surface area contributed by atoms with Crippen molar-refractivity contribution in [3.63, 3.8) is 0 Å². The van der Waals surface area contributed by atoms with Crippen molar-refractivity contribution >= 4 is 11.8 Å². The summed E-state index contributed by atoms with van der Waals surface area (Å²) in [7, 11) is 0. The minimum atomic E-state index is 0.0309. The van der Waals surface area contributed by atoms with Crippen LogP contribution in [0.4, 0.5) is 0 Å². The van der Waals surface area contributed by atoms with Gasteiger partial charge in [-0.15, -0.1) is 0 Å². The first-order chi connectivity index (χ1) is 12.2. The predicted octanol–water partition coefficient (Wildman–Crippen LogP) is 2.36. The summed E-state index contributed by atoms with van der Waals surface area (Å²) in [5.74, 6) is 1.46. The van der Waals surface area contributed by atoms with Gasteiger partial charge >= 0.3 is 0 Å². The Morgan fingerprint density at radius 3 is 2.00 bits per heavy atom. The lowest BCUT2D eigenvalue weighted by Gasteiger charge is -2.43. The van der Waals surface area contributed by atoms with Gasteiger partial charge in [-0.1, -0.05) is 19.3 Å². The van der Waals surface area contributed by atoms with Crippen LogP contribution in [0, 0.1) is 11.8 Å². The molecule has 1 atom stereocenters. The summed E-state index contributed by atoms with van der Waals surface area (Å²) in [6.07, 6.45) is 8.23. The van der Waals surface area contributed by atoms with Gasteiger partial charge in [-0.05, 0) is 45.4 Å². The van der Waals surface area contributed by atoms with Crippen molar-refractivity contribution in [3.8, 4) is 0 Å². The zero-order valence-corrected chi connectivity index (χ0v) is 16.1. The zero-order valence-electron chi connectivity index (χ0n) is 16.1. The lowest BCUT2D eigenvalue weighted by molar-refractivity contribution is -0.143. The van der Waals surface area contributed by atoms with Crippen molar-refractivity contribution in [1.82, 2.24) is 14.7 Å². The minimum absolute atomic E-state index is 0.0309. The lowest BCUT2D eigenvalue weighted by atomic mass is 9.84. The van der Waals surface area contributed by atoms with E-state index >= 15 is 0 Å². The Balaban J connectivity index is 1.63. The van der Waals surface area contributed by atoms with E-state index in [1.54, 1.807) is 0 Å². The van der Waals surface area contributed by atoms with E-state index in [9.17, 15) is 9.59 Å². The van der Waals surface area contributed by atoms with Crippen LogP contribution in [0.3, 0.4) is 0 Å². The summed E-state index contributed by atoms with van der Waals surface area (Å²) < 4.78 is 0. The van der Waals surface area contributed by atoms with Crippen LogP contribution in [-0.2, 0) is 9.59 Å². The van der Waals surface area contributed by atoms with Crippen LogP contribution in [-0.4, -0.2) is 71.8 Å². The second kappa shape index (κ2) is 8.52. The number of nitrogens with zero attached hydrogens (tertiary/aromatic N) is 3. The molecule has 0 N–H and O–H groups in total. The molecule has 5 nitrogen and oxygen atoms in total. The second-order valence-electron chi connectivity index (χ2n) is 7.99. The quantitative estimate of drug-likeness (QED) is 0.739. The van der Waals surface area contributed by atoms with Crippen molar-refractivity contribution in [2.24, 2.45) is 11.8 Å². The molecular weight excluding hydrogens is 314 g/mol. The van der Waals surface area contributed by atoms with Gasteiger partial charge in [-0.25, -0.2) is 0 Å². The molecule has 1 aliphatic heterocycles. The molecule has 0 unspecified atom stereocenters. The number of rotatable bonds is 6. The molecule has 1 heterocycles. The molecule has 0 aromatic heterocycles. The van der Waals surface area contributed by atoms with E-state index in [0.717, 1.165) is 52.1 Å². The van der Waals surface area contributed by atoms with Crippen LogP contribution >= 0.6 is 0 Å². The lowest BCUT2D eigenvalue weighted by Crippen LogP contribution is -2.59. The number of likely N-dealkylation sites (N-methyl/N-ethyl adjacent to an activating group) is 1. The van der Waals surface area contributed by atoms with Gasteiger partial charge in [0.15, 0.2) is 0 Å². The Morgan fingerprint density at radius 2 is 1.52 bits per heavy atom. The number of hydrogen-bond acceptors (Lipinski definition) is 3. The predicted molar refractivity (Wildman–Crippen MR) is 99.2 cm³/mol. The third-order valence-electron chi connectivity index (χ3n) is 6.65. The first kappa shape index (κ1) is 18.7. The molecular formula is C20H35N3O2. The van der Waals surface area contributed by atoms with E-state index in [4.69, 9.17) is 0 Å². The summed E-state index contributed by atoms with van der Waals surface area (Å²) in [4.78, 5) is 32.1. The van der Waals surface area contributed by atoms with E-state index in [0.29, 0.717) is 17.7 Å². The third-order valence-corrected chi connectivity index (χ3v) is 6.65. The van der Waals surface area contributed by atoms with Crippen LogP contribution in [0.1, 0.15) is 58.8 Å². The summed E-state index contributed by atoms with van der Waals surface area (Å²) in [6.45, 7) is 9.02. The Bertz CT molecular complexity index is 460. The van der Waals surface area contributed by atoms with Crippen LogP contribution < -0.4 is 0 Å². The topological polar surface area (TPSA) is 43.9 Å². The monoisotopic (exact) mass is 349 g/mol. The van der Waals surface area contributed by atoms with E-state index in [-0.39, 0.29) is 12.0 Å². The van der Waals surface area contributed by atoms with Crippen LogP contribution in [0.5, 0.6) is 0 Å². The SMILES string of the molecule is CCN(CC)C(=O)[C@@H](C1CCCC1)N1CCN(C(=O)C2CCC2)CC1. The molecule has 0 aromatic rings. The van der Waals surface area contributed by atoms with E-state index in [1.165, 1.54) is 32.1 Å². The molecule has 2 amide bonds. The number of amides is 2. The average molecular weight is 350 g/mol. The van der Waals surface area contributed by atoms with Gasteiger partial charge in [0.2, 0.25) is 11.8 Å². The molecule has 0 bridgehead atoms. The highest BCUT2D eigenvalue weighted by Crippen LogP contribution is 2.33. The maximum absolute atomic E-state index is 13.2. The maximum atomic E-state index is 13.2. The van der Waals surface area contributed by atoms with Crippen LogP contribution in [0.2, 0.25) is 0 Å². The molecule has 2 saturated carbocycles. The number of carbonyl (C=O) groups is 2. The molecule has 1 saturated heterocycles. The van der Waals surface area contributed by atoms with Crippen molar-refractivity contribution in [2.75, 3.05) is 39.3 Å². The van der Waals surface area contributed by atoms with Gasteiger partial charge in [-0.2, -0.15) is 0 Å². The highest BCUT2D eigenvalue weighted by atomic mass is 16.2. The standard InChI is InChI=1S/C20H35N3O2/c1-3-21(4-2)20(25)18(16-8-5-6-9-16)22-12-14-23(15-13-22)19(24)17-10-7-11-17/h16-18H,3-15H2,1-2H3/t18-/m1/s1. The van der Waals surface area contributed by atoms with Gasteiger partial charge in [-0.3, -0.25) is 14.5 Å². The third kappa shape index (κ3) is 4.02. The fourth-order valence-corrected chi connectivity index (χ4v) is 4.79. The van der Waals surface area contributed by atoms with E-state index in [1.807, 2.05) is 9.80 Å². The Kier molecular flexibility index (Phi) is 6.37. The fraction of sp³-hybridized carbons (Fsp3) is 0.900. The average Bonchev–Trinajstić information content (AvgIpc) is 3.09. The largest absolute Gasteiger partial charge is 0.342 e. The smallest absolute Gasteiger partial charge is 0.240 e. The molecule has 3 rings (SSSR count). The molecule has 5 heteroatoms. The Morgan fingerprint density at radius 1 is 0.920 bits per heavy atom. The molecule has 0 aromatic carbocycles. The summed E-state index contributed by atoms with van der Waals surface area (Å²) in [6, 6.07) is 0.0309. The van der Waals surface area contributed by atoms with Crippen molar-refractivity contribution in [1.29, 1.82) is 0 Å². The maximum Gasteiger partial charge on any atom is 0.240 e. The number of hydrogen-bond donors (Lipinski definition) is 0. The van der Waals surface area contributed by atoms with Gasteiger partial charge in [0.1, 0.15) is 0 Å². The molecule has 0 radical (unpaired) electrons. The first-order valence-electron chi connectivity index (χ1n) is 10.5. The molecule has 25 heavy (non-hydrogen) atoms. The Labute approximate surface area is 152 Å². The summed E-state index contributed by atoms with van der Waals surface area (Å²) >= 11 is 0.